The molecule has 2 saturated heterocycles. The van der Waals surface area contributed by atoms with Crippen molar-refractivity contribution in [2.24, 2.45) is 17.8 Å². The lowest BCUT2D eigenvalue weighted by Crippen LogP contribution is -2.61. The van der Waals surface area contributed by atoms with Crippen LogP contribution in [0.1, 0.15) is 74.7 Å². The summed E-state index contributed by atoms with van der Waals surface area (Å²) < 4.78 is 18.3. The Balaban J connectivity index is 2.63. The summed E-state index contributed by atoms with van der Waals surface area (Å²) in [4.78, 5) is 17.1. The molecule has 0 unspecified atom stereocenters. The van der Waals surface area contributed by atoms with Crippen molar-refractivity contribution in [3.05, 3.63) is 12.7 Å². The molecule has 268 valence electrons. The average Bonchev–Trinajstić information content (AvgIpc) is 2.98. The van der Waals surface area contributed by atoms with Gasteiger partial charge >= 0.3 is 5.97 Å². The third-order valence-corrected chi connectivity index (χ3v) is 10.2. The number of esters is 1. The molecule has 2 heterocycles. The van der Waals surface area contributed by atoms with Crippen LogP contribution in [0.4, 0.5) is 0 Å². The summed E-state index contributed by atoms with van der Waals surface area (Å²) in [7, 11) is 3.73. The summed E-state index contributed by atoms with van der Waals surface area (Å²) in [5.74, 6) is -2.96. The van der Waals surface area contributed by atoms with Crippen LogP contribution in [-0.2, 0) is 19.0 Å². The predicted octanol–water partition coefficient (Wildman–Crippen LogP) is 1.41. The van der Waals surface area contributed by atoms with Gasteiger partial charge in [-0.25, -0.2) is 0 Å². The quantitative estimate of drug-likeness (QED) is 0.136. The van der Waals surface area contributed by atoms with Crippen molar-refractivity contribution >= 4 is 23.3 Å². The number of carbonyl (C=O) groups is 1. The number of rotatable bonds is 6. The van der Waals surface area contributed by atoms with E-state index in [1.807, 2.05) is 32.8 Å². The fourth-order valence-electron chi connectivity index (χ4n) is 7.04. The molecule has 2 rings (SSSR count). The van der Waals surface area contributed by atoms with E-state index in [1.54, 1.807) is 38.7 Å². The van der Waals surface area contributed by atoms with Crippen molar-refractivity contribution in [1.29, 1.82) is 0 Å². The molecule has 2 fully saturated rings. The predicted molar refractivity (Wildman–Crippen MR) is 180 cm³/mol. The van der Waals surface area contributed by atoms with Crippen molar-refractivity contribution in [3.8, 4) is 0 Å². The van der Waals surface area contributed by atoms with Crippen molar-refractivity contribution in [2.45, 2.75) is 141 Å². The second-order valence-electron chi connectivity index (χ2n) is 14.3. The van der Waals surface area contributed by atoms with E-state index >= 15 is 0 Å². The highest BCUT2D eigenvalue weighted by Crippen LogP contribution is 2.36. The van der Waals surface area contributed by atoms with E-state index in [1.165, 1.54) is 13.8 Å². The Bertz CT molecular complexity index is 1010. The lowest BCUT2D eigenvalue weighted by Gasteiger charge is -2.47. The minimum atomic E-state index is -1.87. The summed E-state index contributed by atoms with van der Waals surface area (Å²) in [6, 6.07) is -1.01. The topological polar surface area (TPSA) is 164 Å². The van der Waals surface area contributed by atoms with E-state index in [-0.39, 0.29) is 37.5 Å². The Morgan fingerprint density at radius 1 is 1.15 bits per heavy atom. The molecule has 13 heteroatoms. The number of likely N-dealkylation sites (N-methyl/N-ethyl adjacent to an activating group) is 1. The van der Waals surface area contributed by atoms with Gasteiger partial charge in [0, 0.05) is 25.0 Å². The number of hydrogen-bond acceptors (Lipinski definition) is 11. The van der Waals surface area contributed by atoms with E-state index in [4.69, 9.17) is 26.4 Å². The van der Waals surface area contributed by atoms with E-state index in [9.17, 15) is 30.3 Å². The van der Waals surface area contributed by atoms with Crippen LogP contribution in [0.25, 0.3) is 0 Å². The van der Waals surface area contributed by atoms with Gasteiger partial charge in [0.1, 0.15) is 23.9 Å². The minimum Gasteiger partial charge on any atom is -0.459 e. The van der Waals surface area contributed by atoms with Crippen molar-refractivity contribution in [2.75, 3.05) is 27.2 Å². The Hall–Kier alpha value is -1.42. The number of nitrogens with zero attached hydrogens (tertiary/aromatic N) is 2. The zero-order chi connectivity index (χ0) is 35.3. The van der Waals surface area contributed by atoms with Crippen LogP contribution in [0.3, 0.4) is 0 Å². The van der Waals surface area contributed by atoms with Crippen LogP contribution < -0.4 is 5.32 Å². The standard InChI is InChI=1S/C33H61N3O9S/c1-12-14-34-31(46)36-17-18(3)16-32(8,41)28(45-30-26(38)23(35(10)11)15-19(4)43-30)20(5)25(37)21(6)29(40)44-24(13-2)33(9,42)27(39)22(36)7/h12,18-28,30,37-39,41-42H,1,13-17H2,2-11H3,(H,34,46)/t18-,19-,20+,21-,22-,23+,24-,25+,26-,27-,28-,30+,32-,33-/m1/s1. The monoisotopic (exact) mass is 675 g/mol. The molecule has 2 aliphatic heterocycles. The summed E-state index contributed by atoms with van der Waals surface area (Å²) in [5, 5.41) is 61.5. The molecule has 0 saturated carbocycles. The van der Waals surface area contributed by atoms with Crippen LogP contribution in [0.2, 0.25) is 0 Å². The molecule has 46 heavy (non-hydrogen) atoms. The first-order valence-electron chi connectivity index (χ1n) is 16.5. The molecule has 0 aromatic heterocycles. The Morgan fingerprint density at radius 3 is 2.30 bits per heavy atom. The highest BCUT2D eigenvalue weighted by atomic mass is 32.1. The van der Waals surface area contributed by atoms with Gasteiger partial charge in [-0.3, -0.25) is 4.79 Å². The number of hydrogen-bond donors (Lipinski definition) is 6. The van der Waals surface area contributed by atoms with Crippen LogP contribution in [0, 0.1) is 17.8 Å². The molecular weight excluding hydrogens is 614 g/mol. The van der Waals surface area contributed by atoms with Gasteiger partial charge in [-0.1, -0.05) is 26.8 Å². The van der Waals surface area contributed by atoms with Crippen molar-refractivity contribution in [1.82, 2.24) is 15.1 Å². The smallest absolute Gasteiger partial charge is 0.311 e. The molecule has 0 aromatic carbocycles. The molecule has 14 atom stereocenters. The highest BCUT2D eigenvalue weighted by Gasteiger charge is 2.50. The number of aliphatic hydroxyl groups excluding tert-OH is 3. The number of carbonyl (C=O) groups excluding carboxylic acids is 1. The van der Waals surface area contributed by atoms with E-state index < -0.39 is 71.9 Å². The third kappa shape index (κ3) is 9.60. The number of aliphatic hydroxyl groups is 5. The zero-order valence-corrected chi connectivity index (χ0v) is 30.2. The molecule has 0 aliphatic carbocycles. The van der Waals surface area contributed by atoms with Crippen molar-refractivity contribution in [3.63, 3.8) is 0 Å². The van der Waals surface area contributed by atoms with Gasteiger partial charge in [-0.2, -0.15) is 0 Å². The second kappa shape index (κ2) is 16.8. The minimum absolute atomic E-state index is 0.153. The van der Waals surface area contributed by atoms with Crippen molar-refractivity contribution < 1.29 is 44.5 Å². The molecule has 0 amide bonds. The SMILES string of the molecule is C=CCNC(=S)N1C[C@H](C)C[C@@](C)(O)[C@H](O[C@@H]2O[C@H](C)C[C@H](N(C)C)[C@H]2O)[C@@H](C)[C@H](O)[C@@H](C)C(=O)O[C@H](CC)[C@@](C)(O)[C@H](O)[C@H]1C. The molecule has 0 radical (unpaired) electrons. The van der Waals surface area contributed by atoms with E-state index in [0.29, 0.717) is 18.1 Å². The van der Waals surface area contributed by atoms with Crippen LogP contribution in [-0.4, -0.2) is 140 Å². The normalized spacial score (nSPS) is 43.7. The molecular formula is C33H61N3O9S. The number of nitrogens with one attached hydrogen (secondary N) is 1. The maximum atomic E-state index is 13.5. The fourth-order valence-corrected chi connectivity index (χ4v) is 7.36. The molecule has 2 aliphatic rings. The first-order valence-corrected chi connectivity index (χ1v) is 16.9. The zero-order valence-electron chi connectivity index (χ0n) is 29.4. The van der Waals surface area contributed by atoms with E-state index in [2.05, 4.69) is 11.9 Å². The maximum absolute atomic E-state index is 13.5. The number of cyclic esters (lactones) is 1. The van der Waals surface area contributed by atoms with Gasteiger partial charge in [0.2, 0.25) is 0 Å². The largest absolute Gasteiger partial charge is 0.459 e. The van der Waals surface area contributed by atoms with Gasteiger partial charge in [0.05, 0.1) is 35.9 Å². The highest BCUT2D eigenvalue weighted by molar-refractivity contribution is 7.80. The summed E-state index contributed by atoms with van der Waals surface area (Å²) in [6.07, 6.45) is -4.76. The number of ether oxygens (including phenoxy) is 3. The molecule has 0 spiro atoms. The number of thiocarbonyl (C=S) groups is 1. The fraction of sp³-hybridized carbons (Fsp3) is 0.879. The van der Waals surface area contributed by atoms with Gasteiger partial charge in [0.25, 0.3) is 0 Å². The first-order chi connectivity index (χ1) is 21.2. The molecule has 0 bridgehead atoms. The Labute approximate surface area is 281 Å². The Morgan fingerprint density at radius 2 is 1.76 bits per heavy atom. The molecule has 0 aromatic rings. The summed E-state index contributed by atoms with van der Waals surface area (Å²) in [5.41, 5.74) is -3.47. The average molecular weight is 676 g/mol. The van der Waals surface area contributed by atoms with Gasteiger partial charge in [0.15, 0.2) is 11.4 Å². The first kappa shape index (κ1) is 40.8. The summed E-state index contributed by atoms with van der Waals surface area (Å²) in [6.45, 7) is 17.9. The lowest BCUT2D eigenvalue weighted by molar-refractivity contribution is -0.299. The lowest BCUT2D eigenvalue weighted by atomic mass is 9.78. The van der Waals surface area contributed by atoms with Crippen LogP contribution >= 0.6 is 12.2 Å². The molecule has 12 nitrogen and oxygen atoms in total. The van der Waals surface area contributed by atoms with Gasteiger partial charge in [-0.15, -0.1) is 6.58 Å². The van der Waals surface area contributed by atoms with Gasteiger partial charge in [-0.05, 0) is 86.1 Å². The van der Waals surface area contributed by atoms with Crippen LogP contribution in [0.15, 0.2) is 12.7 Å². The third-order valence-electron chi connectivity index (χ3n) is 9.83. The maximum Gasteiger partial charge on any atom is 0.311 e. The van der Waals surface area contributed by atoms with Gasteiger partial charge < -0.3 is 54.9 Å². The second-order valence-corrected chi connectivity index (χ2v) is 14.7. The molecule has 6 N–H and O–H groups in total. The Kier molecular flexibility index (Phi) is 14.9. The van der Waals surface area contributed by atoms with Crippen LogP contribution in [0.5, 0.6) is 0 Å². The summed E-state index contributed by atoms with van der Waals surface area (Å²) >= 11 is 5.70. The van der Waals surface area contributed by atoms with E-state index in [0.717, 1.165) is 0 Å².